The van der Waals surface area contributed by atoms with Crippen LogP contribution in [0.3, 0.4) is 0 Å². The fraction of sp³-hybridized carbons (Fsp3) is 0.182. The molecule has 7 heteroatoms. The Kier molecular flexibility index (Phi) is 4.82. The standard InChI is InChI=1S/C11H14N4O3/c12-5-1-2-6-14-9-7-8(11(13)16)3-4-10(9)15(17)18/h1-4,7,14H,5-6,12H2,(H2,13,16)/b2-1+. The molecule has 0 aromatic heterocycles. The Balaban J connectivity index is 2.96. The molecule has 0 heterocycles. The molecule has 0 saturated carbocycles. The second kappa shape index (κ2) is 6.36. The average Bonchev–Trinajstić information content (AvgIpc) is 2.34. The van der Waals surface area contributed by atoms with Crippen molar-refractivity contribution in [1.29, 1.82) is 0 Å². The zero-order valence-electron chi connectivity index (χ0n) is 9.63. The average molecular weight is 250 g/mol. The van der Waals surface area contributed by atoms with Crippen LogP contribution in [0.1, 0.15) is 10.4 Å². The van der Waals surface area contributed by atoms with Crippen molar-refractivity contribution < 1.29 is 9.72 Å². The van der Waals surface area contributed by atoms with E-state index in [2.05, 4.69) is 5.32 Å². The van der Waals surface area contributed by atoms with Gasteiger partial charge in [0.25, 0.3) is 5.69 Å². The largest absolute Gasteiger partial charge is 0.376 e. The van der Waals surface area contributed by atoms with Crippen molar-refractivity contribution in [3.63, 3.8) is 0 Å². The number of carbonyl (C=O) groups is 1. The summed E-state index contributed by atoms with van der Waals surface area (Å²) in [5.41, 5.74) is 10.7. The van der Waals surface area contributed by atoms with Crippen LogP contribution in [0.4, 0.5) is 11.4 Å². The van der Waals surface area contributed by atoms with Crippen molar-refractivity contribution in [2.45, 2.75) is 0 Å². The van der Waals surface area contributed by atoms with Crippen LogP contribution in [-0.4, -0.2) is 23.9 Å². The third kappa shape index (κ3) is 3.56. The predicted octanol–water partition coefficient (Wildman–Crippen LogP) is 0.621. The van der Waals surface area contributed by atoms with E-state index in [9.17, 15) is 14.9 Å². The highest BCUT2D eigenvalue weighted by molar-refractivity contribution is 5.94. The Bertz CT molecular complexity index is 485. The first-order valence-corrected chi connectivity index (χ1v) is 5.23. The number of nitrogens with zero attached hydrogens (tertiary/aromatic N) is 1. The highest BCUT2D eigenvalue weighted by atomic mass is 16.6. The monoisotopic (exact) mass is 250 g/mol. The molecule has 0 atom stereocenters. The minimum Gasteiger partial charge on any atom is -0.376 e. The van der Waals surface area contributed by atoms with Crippen molar-refractivity contribution in [1.82, 2.24) is 0 Å². The zero-order chi connectivity index (χ0) is 13.5. The molecular weight excluding hydrogens is 236 g/mol. The van der Waals surface area contributed by atoms with Crippen LogP contribution in [0.15, 0.2) is 30.4 Å². The molecular formula is C11H14N4O3. The van der Waals surface area contributed by atoms with Gasteiger partial charge >= 0.3 is 0 Å². The molecule has 0 aliphatic carbocycles. The summed E-state index contributed by atoms with van der Waals surface area (Å²) in [5.74, 6) is -0.634. The van der Waals surface area contributed by atoms with Crippen LogP contribution in [0, 0.1) is 10.1 Å². The Hall–Kier alpha value is -2.41. The molecule has 0 saturated heterocycles. The molecule has 0 aliphatic heterocycles. The summed E-state index contributed by atoms with van der Waals surface area (Å²) in [6.45, 7) is 0.769. The van der Waals surface area contributed by atoms with Gasteiger partial charge in [-0.2, -0.15) is 0 Å². The number of rotatable bonds is 6. The number of hydrogen-bond acceptors (Lipinski definition) is 5. The van der Waals surface area contributed by atoms with E-state index in [-0.39, 0.29) is 16.9 Å². The summed E-state index contributed by atoms with van der Waals surface area (Å²) >= 11 is 0. The molecule has 5 N–H and O–H groups in total. The number of carbonyl (C=O) groups excluding carboxylic acids is 1. The quantitative estimate of drug-likeness (QED) is 0.388. The van der Waals surface area contributed by atoms with Crippen LogP contribution in [0.25, 0.3) is 0 Å². The van der Waals surface area contributed by atoms with Gasteiger partial charge < -0.3 is 16.8 Å². The van der Waals surface area contributed by atoms with Gasteiger partial charge in [-0.3, -0.25) is 14.9 Å². The molecule has 96 valence electrons. The number of nitrogens with one attached hydrogen (secondary N) is 1. The Morgan fingerprint density at radius 1 is 1.44 bits per heavy atom. The van der Waals surface area contributed by atoms with E-state index in [0.29, 0.717) is 13.1 Å². The summed E-state index contributed by atoms with van der Waals surface area (Å²) in [6, 6.07) is 3.92. The lowest BCUT2D eigenvalue weighted by Gasteiger charge is -2.06. The van der Waals surface area contributed by atoms with Crippen molar-refractivity contribution in [2.24, 2.45) is 11.5 Å². The first kappa shape index (κ1) is 13.7. The fourth-order valence-electron chi connectivity index (χ4n) is 1.34. The van der Waals surface area contributed by atoms with Crippen molar-refractivity contribution in [3.8, 4) is 0 Å². The van der Waals surface area contributed by atoms with Crippen LogP contribution in [0.2, 0.25) is 0 Å². The molecule has 18 heavy (non-hydrogen) atoms. The van der Waals surface area contributed by atoms with Gasteiger partial charge in [0.05, 0.1) is 4.92 Å². The molecule has 1 aromatic carbocycles. The molecule has 0 radical (unpaired) electrons. The van der Waals surface area contributed by atoms with E-state index < -0.39 is 10.8 Å². The number of hydrogen-bond donors (Lipinski definition) is 3. The number of nitro benzene ring substituents is 1. The lowest BCUT2D eigenvalue weighted by Crippen LogP contribution is -2.12. The summed E-state index contributed by atoms with van der Waals surface area (Å²) in [5, 5.41) is 13.6. The molecule has 0 spiro atoms. The summed E-state index contributed by atoms with van der Waals surface area (Å²) in [7, 11) is 0. The third-order valence-electron chi connectivity index (χ3n) is 2.19. The van der Waals surface area contributed by atoms with Gasteiger partial charge in [-0.25, -0.2) is 0 Å². The first-order chi connectivity index (χ1) is 8.56. The lowest BCUT2D eigenvalue weighted by molar-refractivity contribution is -0.384. The van der Waals surface area contributed by atoms with Gasteiger partial charge in [-0.1, -0.05) is 12.2 Å². The van der Waals surface area contributed by atoms with Gasteiger partial charge in [-0.15, -0.1) is 0 Å². The van der Waals surface area contributed by atoms with Crippen LogP contribution >= 0.6 is 0 Å². The Morgan fingerprint density at radius 3 is 2.72 bits per heavy atom. The molecule has 0 unspecified atom stereocenters. The van der Waals surface area contributed by atoms with E-state index in [0.717, 1.165) is 0 Å². The number of anilines is 1. The van der Waals surface area contributed by atoms with Crippen molar-refractivity contribution in [2.75, 3.05) is 18.4 Å². The predicted molar refractivity (Wildman–Crippen MR) is 68.3 cm³/mol. The second-order valence-corrected chi connectivity index (χ2v) is 3.44. The molecule has 7 nitrogen and oxygen atoms in total. The number of benzene rings is 1. The maximum absolute atomic E-state index is 11.0. The Morgan fingerprint density at radius 2 is 2.17 bits per heavy atom. The molecule has 0 fully saturated rings. The minimum absolute atomic E-state index is 0.110. The first-order valence-electron chi connectivity index (χ1n) is 5.23. The van der Waals surface area contributed by atoms with E-state index in [1.807, 2.05) is 0 Å². The number of amides is 1. The molecule has 1 rings (SSSR count). The van der Waals surface area contributed by atoms with Crippen molar-refractivity contribution >= 4 is 17.3 Å². The van der Waals surface area contributed by atoms with Crippen LogP contribution in [-0.2, 0) is 0 Å². The number of primary amides is 1. The maximum Gasteiger partial charge on any atom is 0.292 e. The zero-order valence-corrected chi connectivity index (χ0v) is 9.63. The van der Waals surface area contributed by atoms with Gasteiger partial charge in [0.2, 0.25) is 5.91 Å². The fourth-order valence-corrected chi connectivity index (χ4v) is 1.34. The number of nitro groups is 1. The highest BCUT2D eigenvalue weighted by Gasteiger charge is 2.14. The van der Waals surface area contributed by atoms with Crippen LogP contribution in [0.5, 0.6) is 0 Å². The van der Waals surface area contributed by atoms with Gasteiger partial charge in [-0.05, 0) is 12.1 Å². The summed E-state index contributed by atoms with van der Waals surface area (Å²) < 4.78 is 0. The molecule has 1 aromatic rings. The maximum atomic E-state index is 11.0. The normalized spacial score (nSPS) is 10.5. The topological polar surface area (TPSA) is 124 Å². The van der Waals surface area contributed by atoms with E-state index >= 15 is 0 Å². The third-order valence-corrected chi connectivity index (χ3v) is 2.19. The minimum atomic E-state index is -0.634. The van der Waals surface area contributed by atoms with Crippen LogP contribution < -0.4 is 16.8 Å². The SMILES string of the molecule is NC/C=C/CNc1cc(C(N)=O)ccc1[N+](=O)[O-]. The van der Waals surface area contributed by atoms with E-state index in [1.165, 1.54) is 18.2 Å². The Labute approximate surface area is 104 Å². The van der Waals surface area contributed by atoms with Gasteiger partial charge in [0.15, 0.2) is 0 Å². The van der Waals surface area contributed by atoms with Crippen molar-refractivity contribution in [3.05, 3.63) is 46.0 Å². The highest BCUT2D eigenvalue weighted by Crippen LogP contribution is 2.25. The smallest absolute Gasteiger partial charge is 0.292 e. The summed E-state index contributed by atoms with van der Waals surface area (Å²) in [6.07, 6.45) is 3.46. The van der Waals surface area contributed by atoms with E-state index in [4.69, 9.17) is 11.5 Å². The second-order valence-electron chi connectivity index (χ2n) is 3.44. The van der Waals surface area contributed by atoms with Gasteiger partial charge in [0, 0.05) is 24.7 Å². The molecule has 1 amide bonds. The molecule has 0 aliphatic rings. The van der Waals surface area contributed by atoms with E-state index in [1.54, 1.807) is 12.2 Å². The van der Waals surface area contributed by atoms with Gasteiger partial charge in [0.1, 0.15) is 5.69 Å². The summed E-state index contributed by atoms with van der Waals surface area (Å²) in [4.78, 5) is 21.3. The molecule has 0 bridgehead atoms. The lowest BCUT2D eigenvalue weighted by atomic mass is 10.1. The number of nitrogens with two attached hydrogens (primary N) is 2.